The minimum absolute atomic E-state index is 0.104. The van der Waals surface area contributed by atoms with Crippen molar-refractivity contribution in [2.75, 3.05) is 19.8 Å². The van der Waals surface area contributed by atoms with Crippen molar-refractivity contribution in [1.29, 1.82) is 0 Å². The Labute approximate surface area is 129 Å². The first kappa shape index (κ1) is 22.2. The summed E-state index contributed by atoms with van der Waals surface area (Å²) in [6.07, 6.45) is 0.380. The highest BCUT2D eigenvalue weighted by Gasteiger charge is 2.07. The van der Waals surface area contributed by atoms with Crippen molar-refractivity contribution < 1.29 is 38.5 Å². The van der Waals surface area contributed by atoms with Crippen LogP contribution in [0.4, 0.5) is 0 Å². The van der Waals surface area contributed by atoms with Gasteiger partial charge in [-0.25, -0.2) is 0 Å². The second-order valence-electron chi connectivity index (χ2n) is 3.90. The number of rotatable bonds is 9. The Balaban J connectivity index is 0. The molecule has 1 N–H and O–H groups in total. The summed E-state index contributed by atoms with van der Waals surface area (Å²) >= 11 is 0. The number of hydrogen-bond donors (Lipinski definition) is 1. The van der Waals surface area contributed by atoms with Crippen LogP contribution in [-0.2, 0) is 33.4 Å². The zero-order valence-electron chi connectivity index (χ0n) is 13.3. The average molecular weight is 320 g/mol. The summed E-state index contributed by atoms with van der Waals surface area (Å²) in [7, 11) is 0. The minimum Gasteiger partial charge on any atom is -0.481 e. The van der Waals surface area contributed by atoms with E-state index in [9.17, 15) is 19.2 Å². The predicted molar refractivity (Wildman–Crippen MR) is 76.0 cm³/mol. The van der Waals surface area contributed by atoms with Crippen molar-refractivity contribution in [1.82, 2.24) is 0 Å². The molecule has 0 saturated heterocycles. The molecule has 0 aliphatic rings. The van der Waals surface area contributed by atoms with E-state index >= 15 is 0 Å². The lowest BCUT2D eigenvalue weighted by Gasteiger charge is -2.01. The van der Waals surface area contributed by atoms with Crippen molar-refractivity contribution in [3.8, 4) is 0 Å². The number of hydrogen-bond acceptors (Lipinski definition) is 7. The largest absolute Gasteiger partial charge is 0.481 e. The van der Waals surface area contributed by atoms with Gasteiger partial charge < -0.3 is 19.3 Å². The van der Waals surface area contributed by atoms with Crippen LogP contribution in [0.1, 0.15) is 46.5 Å². The number of carbonyl (C=O) groups excluding carboxylic acids is 3. The van der Waals surface area contributed by atoms with Gasteiger partial charge in [-0.3, -0.25) is 19.2 Å². The van der Waals surface area contributed by atoms with Gasteiger partial charge in [-0.1, -0.05) is 6.92 Å². The maximum atomic E-state index is 10.7. The third-order valence-electron chi connectivity index (χ3n) is 1.91. The molecule has 0 unspecified atom stereocenters. The van der Waals surface area contributed by atoms with Gasteiger partial charge in [0.15, 0.2) is 0 Å². The zero-order valence-corrected chi connectivity index (χ0v) is 13.3. The Morgan fingerprint density at radius 3 is 1.55 bits per heavy atom. The molecule has 0 aromatic carbocycles. The third kappa shape index (κ3) is 17.9. The Hall–Kier alpha value is -2.12. The van der Waals surface area contributed by atoms with Crippen LogP contribution in [0.5, 0.6) is 0 Å². The number of aliphatic carboxylic acids is 1. The van der Waals surface area contributed by atoms with E-state index in [2.05, 4.69) is 14.2 Å². The van der Waals surface area contributed by atoms with Crippen molar-refractivity contribution in [2.24, 2.45) is 0 Å². The van der Waals surface area contributed by atoms with Crippen LogP contribution < -0.4 is 0 Å². The van der Waals surface area contributed by atoms with Crippen molar-refractivity contribution in [3.63, 3.8) is 0 Å². The first-order chi connectivity index (χ1) is 10.4. The van der Waals surface area contributed by atoms with E-state index in [-0.39, 0.29) is 24.8 Å². The van der Waals surface area contributed by atoms with Gasteiger partial charge in [0.05, 0.1) is 32.7 Å². The maximum absolute atomic E-state index is 10.7. The van der Waals surface area contributed by atoms with Gasteiger partial charge in [0.1, 0.15) is 6.42 Å². The molecule has 0 aliphatic heterocycles. The Morgan fingerprint density at radius 1 is 0.773 bits per heavy atom. The summed E-state index contributed by atoms with van der Waals surface area (Å²) in [5.41, 5.74) is 0. The molecular weight excluding hydrogens is 296 g/mol. The highest BCUT2D eigenvalue weighted by atomic mass is 16.5. The molecule has 0 fully saturated rings. The van der Waals surface area contributed by atoms with E-state index in [0.717, 1.165) is 0 Å². The standard InChI is InChI=1S/C8H14O4.C6H10O4/c1-3-11-7(9)5-6-8(10)12-4-2;1-2-3-10-6(9)4-5(7)8/h3-6H2,1-2H3;2-4H2,1H3,(H,7,8). The van der Waals surface area contributed by atoms with Crippen LogP contribution in [0.15, 0.2) is 0 Å². The predicted octanol–water partition coefficient (Wildman–Crippen LogP) is 1.31. The first-order valence-corrected chi connectivity index (χ1v) is 7.05. The molecule has 0 spiro atoms. The molecule has 0 radical (unpaired) electrons. The van der Waals surface area contributed by atoms with Crippen LogP contribution in [0.3, 0.4) is 0 Å². The van der Waals surface area contributed by atoms with Gasteiger partial charge in [0, 0.05) is 0 Å². The SMILES string of the molecule is CCCOC(=O)CC(=O)O.CCOC(=O)CCC(=O)OCC. The van der Waals surface area contributed by atoms with E-state index in [1.54, 1.807) is 13.8 Å². The molecule has 0 heterocycles. The van der Waals surface area contributed by atoms with Gasteiger partial charge in [-0.05, 0) is 20.3 Å². The monoisotopic (exact) mass is 320 g/mol. The lowest BCUT2D eigenvalue weighted by molar-refractivity contribution is -0.151. The first-order valence-electron chi connectivity index (χ1n) is 7.05. The second-order valence-corrected chi connectivity index (χ2v) is 3.90. The molecule has 8 nitrogen and oxygen atoms in total. The smallest absolute Gasteiger partial charge is 0.317 e. The number of esters is 3. The van der Waals surface area contributed by atoms with E-state index in [4.69, 9.17) is 5.11 Å². The molecular formula is C14H24O8. The van der Waals surface area contributed by atoms with Gasteiger partial charge in [0.2, 0.25) is 0 Å². The molecule has 0 rings (SSSR count). The van der Waals surface area contributed by atoms with Crippen LogP contribution >= 0.6 is 0 Å². The quantitative estimate of drug-likeness (QED) is 0.384. The number of ether oxygens (including phenoxy) is 3. The molecule has 0 amide bonds. The van der Waals surface area contributed by atoms with E-state index < -0.39 is 18.4 Å². The maximum Gasteiger partial charge on any atom is 0.317 e. The summed E-state index contributed by atoms with van der Waals surface area (Å²) in [4.78, 5) is 41.7. The molecule has 22 heavy (non-hydrogen) atoms. The average Bonchev–Trinajstić information content (AvgIpc) is 2.43. The van der Waals surface area contributed by atoms with Crippen LogP contribution in [0.25, 0.3) is 0 Å². The molecule has 0 atom stereocenters. The normalized spacial score (nSPS) is 9.05. The fourth-order valence-corrected chi connectivity index (χ4v) is 1.06. The summed E-state index contributed by atoms with van der Waals surface area (Å²) in [6, 6.07) is 0. The summed E-state index contributed by atoms with van der Waals surface area (Å²) in [5.74, 6) is -2.54. The van der Waals surface area contributed by atoms with Gasteiger partial charge in [-0.15, -0.1) is 0 Å². The van der Waals surface area contributed by atoms with Crippen molar-refractivity contribution >= 4 is 23.9 Å². The Kier molecular flexibility index (Phi) is 15.4. The summed E-state index contributed by atoms with van der Waals surface area (Å²) in [6.45, 7) is 6.29. The van der Waals surface area contributed by atoms with E-state index in [1.165, 1.54) is 0 Å². The minimum atomic E-state index is -1.15. The molecule has 0 saturated carbocycles. The second kappa shape index (κ2) is 15.3. The topological polar surface area (TPSA) is 116 Å². The van der Waals surface area contributed by atoms with Crippen LogP contribution in [0, 0.1) is 0 Å². The van der Waals surface area contributed by atoms with Crippen LogP contribution in [-0.4, -0.2) is 48.8 Å². The van der Waals surface area contributed by atoms with E-state index in [0.29, 0.717) is 26.2 Å². The van der Waals surface area contributed by atoms with Crippen molar-refractivity contribution in [3.05, 3.63) is 0 Å². The summed E-state index contributed by atoms with van der Waals surface area (Å²) < 4.78 is 13.7. The molecule has 0 aliphatic carbocycles. The highest BCUT2D eigenvalue weighted by molar-refractivity contribution is 5.90. The van der Waals surface area contributed by atoms with Gasteiger partial charge in [-0.2, -0.15) is 0 Å². The van der Waals surface area contributed by atoms with Crippen molar-refractivity contribution in [2.45, 2.75) is 46.5 Å². The van der Waals surface area contributed by atoms with Gasteiger partial charge >= 0.3 is 23.9 Å². The fraction of sp³-hybridized carbons (Fsp3) is 0.714. The molecule has 0 bridgehead atoms. The highest BCUT2D eigenvalue weighted by Crippen LogP contribution is 1.95. The summed E-state index contributed by atoms with van der Waals surface area (Å²) in [5, 5.41) is 8.08. The third-order valence-corrected chi connectivity index (χ3v) is 1.91. The number of carboxylic acid groups (broad SMARTS) is 1. The fourth-order valence-electron chi connectivity index (χ4n) is 1.06. The molecule has 0 aromatic heterocycles. The van der Waals surface area contributed by atoms with E-state index in [1.807, 2.05) is 6.92 Å². The molecule has 128 valence electrons. The zero-order chi connectivity index (χ0) is 17.4. The lowest BCUT2D eigenvalue weighted by Crippen LogP contribution is -2.10. The molecule has 8 heteroatoms. The Morgan fingerprint density at radius 2 is 1.23 bits per heavy atom. The number of carbonyl (C=O) groups is 4. The lowest BCUT2D eigenvalue weighted by atomic mass is 10.3. The molecule has 0 aromatic rings. The Bertz CT molecular complexity index is 333. The van der Waals surface area contributed by atoms with Crippen LogP contribution in [0.2, 0.25) is 0 Å². The van der Waals surface area contributed by atoms with Gasteiger partial charge in [0.25, 0.3) is 0 Å². The number of carboxylic acids is 1.